The topological polar surface area (TPSA) is 145 Å². The number of carbonyl (C=O) groups excluding carboxylic acids is 3. The molecule has 0 fully saturated rings. The van der Waals surface area contributed by atoms with E-state index in [2.05, 4.69) is 9.69 Å². The summed E-state index contributed by atoms with van der Waals surface area (Å²) >= 11 is 0.755. The Morgan fingerprint density at radius 1 is 1.05 bits per heavy atom. The predicted octanol–water partition coefficient (Wildman–Crippen LogP) is 4.05. The molecular formula is C27H27N5O4S. The smallest absolute Gasteiger partial charge is 0.273 e. The minimum absolute atomic E-state index is 0.00193. The quantitative estimate of drug-likeness (QED) is 0.322. The van der Waals surface area contributed by atoms with Gasteiger partial charge in [-0.3, -0.25) is 19.3 Å². The molecule has 0 unspecified atom stereocenters. The number of carbonyl (C=O) groups is 3. The first-order valence-electron chi connectivity index (χ1n) is 11.5. The van der Waals surface area contributed by atoms with E-state index in [-0.39, 0.29) is 28.6 Å². The number of hydrogen-bond acceptors (Lipinski definition) is 7. The molecule has 2 aromatic heterocycles. The molecule has 0 bridgehead atoms. The van der Waals surface area contributed by atoms with Crippen molar-refractivity contribution in [1.29, 1.82) is 0 Å². The number of furan rings is 1. The van der Waals surface area contributed by atoms with Gasteiger partial charge in [-0.05, 0) is 61.6 Å². The average Bonchev–Trinajstić information content (AvgIpc) is 3.47. The van der Waals surface area contributed by atoms with Crippen molar-refractivity contribution in [2.75, 3.05) is 10.6 Å². The summed E-state index contributed by atoms with van der Waals surface area (Å²) in [6.45, 7) is 5.79. The lowest BCUT2D eigenvalue weighted by Crippen LogP contribution is -2.44. The van der Waals surface area contributed by atoms with Crippen LogP contribution in [0.4, 0.5) is 11.4 Å². The number of rotatable bonds is 8. The van der Waals surface area contributed by atoms with E-state index in [4.69, 9.17) is 15.9 Å². The summed E-state index contributed by atoms with van der Waals surface area (Å²) in [5.74, 6) is -1.05. The minimum Gasteiger partial charge on any atom is -0.464 e. The van der Waals surface area contributed by atoms with Gasteiger partial charge in [-0.2, -0.15) is 4.37 Å². The molecule has 37 heavy (non-hydrogen) atoms. The Labute approximate surface area is 218 Å². The van der Waals surface area contributed by atoms with E-state index >= 15 is 0 Å². The SMILES string of the molecule is Cc1ccc(N(C(=O)c2snc(C(N)=O)c2N)[C@@H](C(=O)NCc2ccccc2)c2ccc(C)o2)c(C)c1. The number of primary amides is 1. The van der Waals surface area contributed by atoms with Gasteiger partial charge >= 0.3 is 0 Å². The second kappa shape index (κ2) is 10.7. The molecule has 2 heterocycles. The molecular weight excluding hydrogens is 490 g/mol. The maximum Gasteiger partial charge on any atom is 0.273 e. The van der Waals surface area contributed by atoms with Crippen LogP contribution in [0.3, 0.4) is 0 Å². The first kappa shape index (κ1) is 25.6. The van der Waals surface area contributed by atoms with Crippen molar-refractivity contribution in [2.45, 2.75) is 33.4 Å². The van der Waals surface area contributed by atoms with Gasteiger partial charge in [-0.15, -0.1) is 0 Å². The van der Waals surface area contributed by atoms with E-state index in [0.29, 0.717) is 11.4 Å². The summed E-state index contributed by atoms with van der Waals surface area (Å²) in [6, 6.07) is 17.2. The van der Waals surface area contributed by atoms with Crippen LogP contribution in [0.5, 0.6) is 0 Å². The maximum atomic E-state index is 14.1. The van der Waals surface area contributed by atoms with E-state index in [9.17, 15) is 14.4 Å². The number of benzene rings is 2. The van der Waals surface area contributed by atoms with Gasteiger partial charge in [0, 0.05) is 12.2 Å². The Kier molecular flexibility index (Phi) is 7.40. The lowest BCUT2D eigenvalue weighted by molar-refractivity contribution is -0.123. The van der Waals surface area contributed by atoms with Crippen molar-refractivity contribution in [2.24, 2.45) is 5.73 Å². The molecule has 3 amide bonds. The lowest BCUT2D eigenvalue weighted by atomic mass is 10.0. The van der Waals surface area contributed by atoms with E-state index in [1.54, 1.807) is 25.1 Å². The molecule has 2 aromatic carbocycles. The van der Waals surface area contributed by atoms with Crippen molar-refractivity contribution >= 4 is 40.6 Å². The molecule has 4 aromatic rings. The Morgan fingerprint density at radius 2 is 1.78 bits per heavy atom. The molecule has 0 saturated heterocycles. The van der Waals surface area contributed by atoms with Gasteiger partial charge in [-0.1, -0.05) is 48.0 Å². The monoisotopic (exact) mass is 517 g/mol. The fourth-order valence-electron chi connectivity index (χ4n) is 4.04. The lowest BCUT2D eigenvalue weighted by Gasteiger charge is -2.31. The highest BCUT2D eigenvalue weighted by molar-refractivity contribution is 7.09. The summed E-state index contributed by atoms with van der Waals surface area (Å²) in [4.78, 5) is 40.9. The summed E-state index contributed by atoms with van der Waals surface area (Å²) in [5.41, 5.74) is 14.3. The number of nitrogens with two attached hydrogens (primary N) is 2. The molecule has 9 nitrogen and oxygen atoms in total. The Hall–Kier alpha value is -4.44. The number of hydrogen-bond donors (Lipinski definition) is 3. The van der Waals surface area contributed by atoms with Gasteiger partial charge in [0.15, 0.2) is 11.7 Å². The number of nitrogens with one attached hydrogen (secondary N) is 1. The zero-order valence-electron chi connectivity index (χ0n) is 20.6. The van der Waals surface area contributed by atoms with Crippen molar-refractivity contribution in [3.63, 3.8) is 0 Å². The third-order valence-corrected chi connectivity index (χ3v) is 6.68. The molecule has 1 atom stereocenters. The zero-order valence-corrected chi connectivity index (χ0v) is 21.5. The van der Waals surface area contributed by atoms with E-state index < -0.39 is 23.8 Å². The van der Waals surface area contributed by atoms with Gasteiger partial charge in [-0.25, -0.2) is 0 Å². The molecule has 190 valence electrons. The maximum absolute atomic E-state index is 14.1. The van der Waals surface area contributed by atoms with Crippen molar-refractivity contribution in [3.8, 4) is 0 Å². The number of aryl methyl sites for hydroxylation is 3. The average molecular weight is 518 g/mol. The Morgan fingerprint density at radius 3 is 2.38 bits per heavy atom. The summed E-state index contributed by atoms with van der Waals surface area (Å²) in [6.07, 6.45) is 0. The van der Waals surface area contributed by atoms with Crippen molar-refractivity contribution in [1.82, 2.24) is 9.69 Å². The third-order valence-electron chi connectivity index (χ3n) is 5.83. The number of anilines is 2. The Bertz CT molecular complexity index is 1460. The van der Waals surface area contributed by atoms with E-state index in [1.165, 1.54) is 4.90 Å². The predicted molar refractivity (Wildman–Crippen MR) is 142 cm³/mol. The molecule has 0 saturated carbocycles. The van der Waals surface area contributed by atoms with Crippen LogP contribution in [0.25, 0.3) is 0 Å². The second-order valence-corrected chi connectivity index (χ2v) is 9.43. The second-order valence-electron chi connectivity index (χ2n) is 8.66. The third kappa shape index (κ3) is 5.39. The summed E-state index contributed by atoms with van der Waals surface area (Å²) in [7, 11) is 0. The van der Waals surface area contributed by atoms with Gasteiger partial charge in [0.25, 0.3) is 17.7 Å². The number of nitrogens with zero attached hydrogens (tertiary/aromatic N) is 2. The number of nitrogen functional groups attached to an aromatic ring is 1. The van der Waals surface area contributed by atoms with Crippen LogP contribution < -0.4 is 21.7 Å². The highest BCUT2D eigenvalue weighted by Crippen LogP contribution is 2.35. The van der Waals surface area contributed by atoms with Gasteiger partial charge in [0.1, 0.15) is 16.4 Å². The zero-order chi connectivity index (χ0) is 26.7. The largest absolute Gasteiger partial charge is 0.464 e. The van der Waals surface area contributed by atoms with Crippen LogP contribution >= 0.6 is 11.5 Å². The first-order chi connectivity index (χ1) is 17.7. The van der Waals surface area contributed by atoms with Gasteiger partial charge in [0.05, 0.1) is 5.69 Å². The molecule has 5 N–H and O–H groups in total. The number of amides is 3. The van der Waals surface area contributed by atoms with Crippen LogP contribution in [0.15, 0.2) is 65.1 Å². The van der Waals surface area contributed by atoms with E-state index in [0.717, 1.165) is 28.2 Å². The highest BCUT2D eigenvalue weighted by Gasteiger charge is 2.38. The van der Waals surface area contributed by atoms with Crippen LogP contribution in [0.1, 0.15) is 54.4 Å². The van der Waals surface area contributed by atoms with Crippen LogP contribution in [-0.4, -0.2) is 22.1 Å². The molecule has 0 aliphatic heterocycles. The first-order valence-corrected chi connectivity index (χ1v) is 12.3. The fraction of sp³-hybridized carbons (Fsp3) is 0.185. The van der Waals surface area contributed by atoms with Crippen LogP contribution in [0.2, 0.25) is 0 Å². The summed E-state index contributed by atoms with van der Waals surface area (Å²) in [5, 5.41) is 2.92. The highest BCUT2D eigenvalue weighted by atomic mass is 32.1. The molecule has 10 heteroatoms. The fourth-order valence-corrected chi connectivity index (χ4v) is 4.78. The molecule has 0 radical (unpaired) electrons. The van der Waals surface area contributed by atoms with Crippen molar-refractivity contribution < 1.29 is 18.8 Å². The minimum atomic E-state index is -1.18. The number of aromatic nitrogens is 1. The molecule has 0 spiro atoms. The van der Waals surface area contributed by atoms with Crippen LogP contribution in [-0.2, 0) is 11.3 Å². The van der Waals surface area contributed by atoms with Crippen molar-refractivity contribution in [3.05, 3.63) is 99.4 Å². The normalized spacial score (nSPS) is 11.6. The van der Waals surface area contributed by atoms with Crippen LogP contribution in [0, 0.1) is 20.8 Å². The Balaban J connectivity index is 1.84. The molecule has 4 rings (SSSR count). The summed E-state index contributed by atoms with van der Waals surface area (Å²) < 4.78 is 9.85. The van der Waals surface area contributed by atoms with Gasteiger partial charge < -0.3 is 21.2 Å². The molecule has 0 aliphatic rings. The van der Waals surface area contributed by atoms with E-state index in [1.807, 2.05) is 56.3 Å². The van der Waals surface area contributed by atoms with Gasteiger partial charge in [0.2, 0.25) is 0 Å². The standard InChI is InChI=1S/C27H27N5O4S/c1-15-9-11-19(16(2)13-15)32(27(35)24-21(28)22(25(29)33)31-37-24)23(20-12-10-17(3)36-20)26(34)30-14-18-7-5-4-6-8-18/h4-13,23H,14,28H2,1-3H3,(H2,29,33)(H,30,34)/t23-/m1/s1. The molecule has 0 aliphatic carbocycles.